The lowest BCUT2D eigenvalue weighted by Crippen LogP contribution is -2.22. The average Bonchev–Trinajstić information content (AvgIpc) is 3.75. The Morgan fingerprint density at radius 3 is 2.43 bits per heavy atom. The Morgan fingerprint density at radius 2 is 1.62 bits per heavy atom. The molecule has 0 aliphatic rings. The molecule has 0 bridgehead atoms. The molecule has 0 saturated heterocycles. The Bertz CT molecular complexity index is 2480. The maximum absolute atomic E-state index is 14.7. The monoisotopic (exact) mass is 687 g/mol. The van der Waals surface area contributed by atoms with E-state index in [-0.39, 0.29) is 5.56 Å². The minimum absolute atomic E-state index is 0.233. The van der Waals surface area contributed by atoms with E-state index in [1.807, 2.05) is 90.3 Å². The summed E-state index contributed by atoms with van der Waals surface area (Å²) < 4.78 is 7.35. The first-order valence-electron chi connectivity index (χ1n) is 14.5. The summed E-state index contributed by atoms with van der Waals surface area (Å²) in [7, 11) is 1.59. The van der Waals surface area contributed by atoms with Crippen LogP contribution in [0.3, 0.4) is 0 Å². The van der Waals surface area contributed by atoms with Gasteiger partial charge in [-0.25, -0.2) is 15.0 Å². The van der Waals surface area contributed by atoms with E-state index in [1.54, 1.807) is 29.2 Å². The lowest BCUT2D eigenvalue weighted by atomic mass is 10.1. The molecular weight excluding hydrogens is 666 g/mol. The molecule has 11 heteroatoms. The molecule has 0 amide bonds. The third-order valence-electron chi connectivity index (χ3n) is 7.57. The molecule has 228 valence electrons. The summed E-state index contributed by atoms with van der Waals surface area (Å²) in [5, 5.41) is 4.95. The van der Waals surface area contributed by atoms with E-state index in [9.17, 15) is 4.79 Å². The summed E-state index contributed by atoms with van der Waals surface area (Å²) in [6.45, 7) is 0. The molecule has 0 saturated carbocycles. The number of pyridine rings is 1. The molecular formula is C36H22ClN5O2S3. The molecule has 5 aromatic heterocycles. The minimum atomic E-state index is -0.233. The third-order valence-corrected chi connectivity index (χ3v) is 10.8. The van der Waals surface area contributed by atoms with Gasteiger partial charge < -0.3 is 4.74 Å². The molecule has 47 heavy (non-hydrogen) atoms. The van der Waals surface area contributed by atoms with E-state index in [1.165, 1.54) is 23.1 Å². The van der Waals surface area contributed by atoms with Crippen LogP contribution in [0.5, 0.6) is 5.75 Å². The molecule has 3 aromatic carbocycles. The Balaban J connectivity index is 1.38. The van der Waals surface area contributed by atoms with Crippen LogP contribution in [0.15, 0.2) is 130 Å². The zero-order valence-corrected chi connectivity index (χ0v) is 27.8. The number of halogens is 1. The zero-order valence-electron chi connectivity index (χ0n) is 24.6. The Labute approximate surface area is 286 Å². The van der Waals surface area contributed by atoms with Crippen LogP contribution in [0.4, 0.5) is 0 Å². The molecule has 5 heterocycles. The number of benzene rings is 3. The second-order valence-electron chi connectivity index (χ2n) is 10.4. The van der Waals surface area contributed by atoms with Gasteiger partial charge in [0, 0.05) is 38.0 Å². The predicted octanol–water partition coefficient (Wildman–Crippen LogP) is 9.66. The topological polar surface area (TPSA) is 82.8 Å². The second kappa shape index (κ2) is 12.4. The second-order valence-corrected chi connectivity index (χ2v) is 13.6. The number of thiophene rings is 2. The van der Waals surface area contributed by atoms with Gasteiger partial charge in [-0.3, -0.25) is 14.3 Å². The largest absolute Gasteiger partial charge is 0.495 e. The molecule has 8 rings (SSSR count). The summed E-state index contributed by atoms with van der Waals surface area (Å²) in [4.78, 5) is 36.7. The van der Waals surface area contributed by atoms with Crippen molar-refractivity contribution in [3.63, 3.8) is 0 Å². The van der Waals surface area contributed by atoms with Crippen LogP contribution in [-0.4, -0.2) is 31.6 Å². The fourth-order valence-electron chi connectivity index (χ4n) is 5.36. The highest BCUT2D eigenvalue weighted by atomic mass is 35.5. The van der Waals surface area contributed by atoms with Crippen molar-refractivity contribution in [2.75, 3.05) is 7.11 Å². The molecule has 0 fully saturated rings. The Kier molecular flexibility index (Phi) is 7.78. The zero-order chi connectivity index (χ0) is 31.9. The maximum atomic E-state index is 14.7. The summed E-state index contributed by atoms with van der Waals surface area (Å²) in [6, 6.07) is 32.9. The lowest BCUT2D eigenvalue weighted by molar-refractivity contribution is 0.411. The summed E-state index contributed by atoms with van der Waals surface area (Å²) >= 11 is 10.9. The van der Waals surface area contributed by atoms with Gasteiger partial charge in [-0.1, -0.05) is 78.3 Å². The van der Waals surface area contributed by atoms with Crippen LogP contribution in [0, 0.1) is 0 Å². The number of aromatic nitrogens is 5. The molecule has 0 N–H and O–H groups in total. The van der Waals surface area contributed by atoms with Crippen molar-refractivity contribution in [3.8, 4) is 44.5 Å². The van der Waals surface area contributed by atoms with Crippen molar-refractivity contribution in [2.24, 2.45) is 0 Å². The van der Waals surface area contributed by atoms with Crippen molar-refractivity contribution in [2.45, 2.75) is 10.2 Å². The Morgan fingerprint density at radius 1 is 0.830 bits per heavy atom. The van der Waals surface area contributed by atoms with Crippen molar-refractivity contribution in [3.05, 3.63) is 130 Å². The highest BCUT2D eigenvalue weighted by Crippen LogP contribution is 2.42. The SMILES string of the molecule is COc1ccccc1-n1c(Sc2nc(-c3ccccn3)nc3sc(-c4ccccc4)cc23)nc2scc(-c3ccccc3Cl)c2c1=O. The summed E-state index contributed by atoms with van der Waals surface area (Å²) in [5.74, 6) is 1.03. The van der Waals surface area contributed by atoms with Gasteiger partial charge in [-0.15, -0.1) is 22.7 Å². The molecule has 0 spiro atoms. The Hall–Kier alpha value is -4.87. The first-order valence-corrected chi connectivity index (χ1v) is 17.4. The van der Waals surface area contributed by atoms with E-state index in [4.69, 9.17) is 31.3 Å². The molecule has 8 aromatic rings. The number of ether oxygens (including phenoxy) is 1. The maximum Gasteiger partial charge on any atom is 0.268 e. The van der Waals surface area contributed by atoms with Crippen molar-refractivity contribution >= 4 is 66.5 Å². The van der Waals surface area contributed by atoms with Crippen molar-refractivity contribution < 1.29 is 4.74 Å². The number of para-hydroxylation sites is 2. The van der Waals surface area contributed by atoms with Crippen molar-refractivity contribution in [1.82, 2.24) is 24.5 Å². The van der Waals surface area contributed by atoms with Crippen molar-refractivity contribution in [1.29, 1.82) is 0 Å². The fourth-order valence-corrected chi connectivity index (χ4v) is 8.66. The predicted molar refractivity (Wildman–Crippen MR) is 192 cm³/mol. The quantitative estimate of drug-likeness (QED) is 0.122. The number of hydrogen-bond acceptors (Lipinski definition) is 9. The van der Waals surface area contributed by atoms with Crippen LogP contribution in [-0.2, 0) is 0 Å². The van der Waals surface area contributed by atoms with Crippen LogP contribution in [0.1, 0.15) is 0 Å². The molecule has 0 atom stereocenters. The first-order chi connectivity index (χ1) is 23.1. The number of hydrogen-bond donors (Lipinski definition) is 0. The van der Waals surface area contributed by atoms with Gasteiger partial charge in [0.05, 0.1) is 18.2 Å². The van der Waals surface area contributed by atoms with Crippen LogP contribution < -0.4 is 10.3 Å². The van der Waals surface area contributed by atoms with Gasteiger partial charge in [-0.05, 0) is 53.7 Å². The number of methoxy groups -OCH3 is 1. The third kappa shape index (κ3) is 5.39. The number of fused-ring (bicyclic) bond motifs is 2. The van der Waals surface area contributed by atoms with E-state index in [0.717, 1.165) is 31.8 Å². The molecule has 0 aliphatic carbocycles. The summed E-state index contributed by atoms with van der Waals surface area (Å²) in [6.07, 6.45) is 1.72. The normalized spacial score (nSPS) is 11.4. The molecule has 0 aliphatic heterocycles. The molecule has 7 nitrogen and oxygen atoms in total. The van der Waals surface area contributed by atoms with Gasteiger partial charge in [0.2, 0.25) is 0 Å². The average molecular weight is 688 g/mol. The molecule has 0 unspecified atom stereocenters. The van der Waals surface area contributed by atoms with Gasteiger partial charge in [0.25, 0.3) is 5.56 Å². The lowest BCUT2D eigenvalue weighted by Gasteiger charge is -2.15. The fraction of sp³-hybridized carbons (Fsp3) is 0.0278. The van der Waals surface area contributed by atoms with Gasteiger partial charge in [-0.2, -0.15) is 0 Å². The van der Waals surface area contributed by atoms with Gasteiger partial charge in [0.15, 0.2) is 11.0 Å². The number of nitrogens with zero attached hydrogens (tertiary/aromatic N) is 5. The van der Waals surface area contributed by atoms with E-state index in [2.05, 4.69) is 23.2 Å². The minimum Gasteiger partial charge on any atom is -0.495 e. The van der Waals surface area contributed by atoms with Gasteiger partial charge >= 0.3 is 0 Å². The van der Waals surface area contributed by atoms with E-state index < -0.39 is 0 Å². The van der Waals surface area contributed by atoms with E-state index >= 15 is 0 Å². The molecule has 0 radical (unpaired) electrons. The first kappa shape index (κ1) is 29.5. The highest BCUT2D eigenvalue weighted by Gasteiger charge is 2.24. The number of rotatable bonds is 7. The standard InChI is InChI=1S/C36H22ClN5O2S3/c1-44-28-17-8-7-16-27(28)42-35(43)30-24(22-13-5-6-14-25(22)37)20-45-34(30)41-36(42)47-33-23-19-29(21-11-3-2-4-12-21)46-32(23)39-31(40-33)26-15-9-10-18-38-26/h2-20H,1H3. The highest BCUT2D eigenvalue weighted by molar-refractivity contribution is 7.99. The van der Waals surface area contributed by atoms with Gasteiger partial charge in [0.1, 0.15) is 26.1 Å². The summed E-state index contributed by atoms with van der Waals surface area (Å²) in [5.41, 5.74) is 3.58. The van der Waals surface area contributed by atoms with Crippen LogP contribution >= 0.6 is 46.0 Å². The van der Waals surface area contributed by atoms with Crippen LogP contribution in [0.2, 0.25) is 5.02 Å². The van der Waals surface area contributed by atoms with E-state index in [0.29, 0.717) is 48.4 Å². The smallest absolute Gasteiger partial charge is 0.268 e. The van der Waals surface area contributed by atoms with Crippen LogP contribution in [0.25, 0.3) is 59.2 Å².